The molecule has 2 aromatic rings. The highest BCUT2D eigenvalue weighted by atomic mass is 79.9. The molecule has 1 aromatic heterocycles. The second-order valence-electron chi connectivity index (χ2n) is 4.18. The summed E-state index contributed by atoms with van der Waals surface area (Å²) in [5.74, 6) is 1.12. The van der Waals surface area contributed by atoms with E-state index in [0.29, 0.717) is 11.6 Å². The van der Waals surface area contributed by atoms with Crippen LogP contribution in [0.1, 0.15) is 11.3 Å². The average molecular weight is 324 g/mol. The molecular formula is C13H14BrN3O2. The molecule has 0 aliphatic heterocycles. The molecule has 0 aliphatic carbocycles. The van der Waals surface area contributed by atoms with E-state index in [-0.39, 0.29) is 12.5 Å². The minimum Gasteiger partial charge on any atom is -0.360 e. The van der Waals surface area contributed by atoms with Crippen LogP contribution in [0.2, 0.25) is 0 Å². The lowest BCUT2D eigenvalue weighted by molar-refractivity contribution is -0.114. The van der Waals surface area contributed by atoms with Crippen LogP contribution >= 0.6 is 15.9 Å². The van der Waals surface area contributed by atoms with Gasteiger partial charge in [0.2, 0.25) is 5.91 Å². The van der Waals surface area contributed by atoms with Crippen molar-refractivity contribution in [1.29, 1.82) is 0 Å². The molecule has 0 radical (unpaired) electrons. The fraction of sp³-hybridized carbons (Fsp3) is 0.231. The van der Waals surface area contributed by atoms with Gasteiger partial charge in [-0.05, 0) is 37.6 Å². The summed E-state index contributed by atoms with van der Waals surface area (Å²) in [4.78, 5) is 11.8. The molecule has 1 amide bonds. The van der Waals surface area contributed by atoms with Crippen molar-refractivity contribution >= 4 is 33.3 Å². The number of aryl methyl sites for hydroxylation is 2. The van der Waals surface area contributed by atoms with Gasteiger partial charge in [-0.15, -0.1) is 0 Å². The van der Waals surface area contributed by atoms with Crippen LogP contribution in [-0.4, -0.2) is 17.6 Å². The smallest absolute Gasteiger partial charge is 0.243 e. The number of carbonyl (C=O) groups is 1. The average Bonchev–Trinajstić information content (AvgIpc) is 2.76. The van der Waals surface area contributed by atoms with E-state index in [2.05, 4.69) is 31.7 Å². The number of aromatic nitrogens is 1. The Morgan fingerprint density at radius 3 is 2.79 bits per heavy atom. The summed E-state index contributed by atoms with van der Waals surface area (Å²) >= 11 is 3.38. The fourth-order valence-corrected chi connectivity index (χ4v) is 2.06. The number of hydrogen-bond donors (Lipinski definition) is 2. The van der Waals surface area contributed by atoms with Gasteiger partial charge in [-0.1, -0.05) is 21.1 Å². The number of nitrogens with zero attached hydrogens (tertiary/aromatic N) is 1. The molecule has 1 aromatic carbocycles. The Bertz CT molecular complexity index is 595. The molecule has 19 heavy (non-hydrogen) atoms. The van der Waals surface area contributed by atoms with E-state index >= 15 is 0 Å². The van der Waals surface area contributed by atoms with Crippen molar-refractivity contribution in [3.63, 3.8) is 0 Å². The van der Waals surface area contributed by atoms with Crippen LogP contribution in [0.5, 0.6) is 0 Å². The molecule has 0 atom stereocenters. The van der Waals surface area contributed by atoms with Crippen molar-refractivity contribution in [1.82, 2.24) is 5.16 Å². The Balaban J connectivity index is 1.90. The highest BCUT2D eigenvalue weighted by Gasteiger charge is 2.06. The van der Waals surface area contributed by atoms with Gasteiger partial charge < -0.3 is 15.2 Å². The van der Waals surface area contributed by atoms with Gasteiger partial charge in [0.25, 0.3) is 0 Å². The van der Waals surface area contributed by atoms with Crippen LogP contribution < -0.4 is 10.6 Å². The van der Waals surface area contributed by atoms with Crippen LogP contribution in [0, 0.1) is 13.8 Å². The van der Waals surface area contributed by atoms with Crippen LogP contribution in [0.4, 0.5) is 11.5 Å². The van der Waals surface area contributed by atoms with Crippen LogP contribution in [0.3, 0.4) is 0 Å². The van der Waals surface area contributed by atoms with Crippen molar-refractivity contribution in [3.8, 4) is 0 Å². The molecule has 2 rings (SSSR count). The van der Waals surface area contributed by atoms with Crippen molar-refractivity contribution < 1.29 is 9.32 Å². The first-order chi connectivity index (χ1) is 9.04. The highest BCUT2D eigenvalue weighted by molar-refractivity contribution is 9.10. The highest BCUT2D eigenvalue weighted by Crippen LogP contribution is 2.19. The zero-order valence-electron chi connectivity index (χ0n) is 10.7. The zero-order chi connectivity index (χ0) is 13.8. The molecule has 0 unspecified atom stereocenters. The van der Waals surface area contributed by atoms with E-state index in [9.17, 15) is 4.79 Å². The van der Waals surface area contributed by atoms with E-state index in [1.807, 2.05) is 25.1 Å². The second-order valence-corrected chi connectivity index (χ2v) is 5.10. The lowest BCUT2D eigenvalue weighted by Gasteiger charge is -2.08. The zero-order valence-corrected chi connectivity index (χ0v) is 12.2. The minimum atomic E-state index is -0.133. The summed E-state index contributed by atoms with van der Waals surface area (Å²) in [6.45, 7) is 3.87. The first kappa shape index (κ1) is 13.6. The number of benzene rings is 1. The molecule has 6 heteroatoms. The molecule has 0 spiro atoms. The Hall–Kier alpha value is -1.82. The normalized spacial score (nSPS) is 10.3. The van der Waals surface area contributed by atoms with E-state index in [4.69, 9.17) is 4.52 Å². The molecular weight excluding hydrogens is 310 g/mol. The third-order valence-corrected chi connectivity index (χ3v) is 3.01. The number of hydrogen-bond acceptors (Lipinski definition) is 4. The van der Waals surface area contributed by atoms with Crippen LogP contribution in [-0.2, 0) is 4.79 Å². The summed E-state index contributed by atoms with van der Waals surface area (Å²) in [7, 11) is 0. The van der Waals surface area contributed by atoms with E-state index in [1.165, 1.54) is 0 Å². The van der Waals surface area contributed by atoms with Gasteiger partial charge in [0, 0.05) is 16.2 Å². The molecule has 0 saturated carbocycles. The predicted octanol–water partition coefficient (Wildman–Crippen LogP) is 3.10. The molecule has 0 fully saturated rings. The van der Waals surface area contributed by atoms with Gasteiger partial charge >= 0.3 is 0 Å². The molecule has 0 bridgehead atoms. The van der Waals surface area contributed by atoms with Gasteiger partial charge in [0.05, 0.1) is 6.54 Å². The number of anilines is 2. The molecule has 0 saturated heterocycles. The van der Waals surface area contributed by atoms with Gasteiger partial charge in [-0.2, -0.15) is 0 Å². The summed E-state index contributed by atoms with van der Waals surface area (Å²) in [5.41, 5.74) is 1.80. The lowest BCUT2D eigenvalue weighted by atomic mass is 10.2. The predicted molar refractivity (Wildman–Crippen MR) is 77.2 cm³/mol. The quantitative estimate of drug-likeness (QED) is 0.907. The largest absolute Gasteiger partial charge is 0.360 e. The van der Waals surface area contributed by atoms with Crippen molar-refractivity contribution in [3.05, 3.63) is 40.1 Å². The molecule has 0 aliphatic rings. The second kappa shape index (κ2) is 5.88. The maximum Gasteiger partial charge on any atom is 0.243 e. The van der Waals surface area contributed by atoms with E-state index in [1.54, 1.807) is 13.0 Å². The van der Waals surface area contributed by atoms with E-state index in [0.717, 1.165) is 15.7 Å². The summed E-state index contributed by atoms with van der Waals surface area (Å²) < 4.78 is 5.88. The molecule has 100 valence electrons. The van der Waals surface area contributed by atoms with Crippen molar-refractivity contribution in [2.24, 2.45) is 0 Å². The van der Waals surface area contributed by atoms with Crippen molar-refractivity contribution in [2.45, 2.75) is 13.8 Å². The SMILES string of the molecule is Cc1cc(NCC(=O)Nc2ccc(Br)cc2C)no1. The third kappa shape index (κ3) is 3.82. The van der Waals surface area contributed by atoms with Crippen molar-refractivity contribution in [2.75, 3.05) is 17.2 Å². The topological polar surface area (TPSA) is 67.2 Å². The monoisotopic (exact) mass is 323 g/mol. The Labute approximate surface area is 119 Å². The minimum absolute atomic E-state index is 0.133. The van der Waals surface area contributed by atoms with E-state index < -0.39 is 0 Å². The standard InChI is InChI=1S/C13H14BrN3O2/c1-8-5-10(14)3-4-11(8)16-13(18)7-15-12-6-9(2)19-17-12/h3-6H,7H2,1-2H3,(H,15,17)(H,16,18). The van der Waals surface area contributed by atoms with Crippen LogP contribution in [0.25, 0.3) is 0 Å². The maximum absolute atomic E-state index is 11.8. The summed E-state index contributed by atoms with van der Waals surface area (Å²) in [6.07, 6.45) is 0. The lowest BCUT2D eigenvalue weighted by Crippen LogP contribution is -2.22. The van der Waals surface area contributed by atoms with Crippen LogP contribution in [0.15, 0.2) is 33.3 Å². The number of amides is 1. The number of rotatable bonds is 4. The number of carbonyl (C=O) groups excluding carboxylic acids is 1. The number of halogens is 1. The molecule has 5 nitrogen and oxygen atoms in total. The third-order valence-electron chi connectivity index (χ3n) is 2.52. The number of nitrogens with one attached hydrogen (secondary N) is 2. The Morgan fingerprint density at radius 2 is 2.16 bits per heavy atom. The maximum atomic E-state index is 11.8. The van der Waals surface area contributed by atoms with Gasteiger partial charge in [0.15, 0.2) is 5.82 Å². The van der Waals surface area contributed by atoms with Gasteiger partial charge in [-0.25, -0.2) is 0 Å². The first-order valence-corrected chi connectivity index (χ1v) is 6.57. The fourth-order valence-electron chi connectivity index (χ4n) is 1.58. The van der Waals surface area contributed by atoms with Gasteiger partial charge in [0.1, 0.15) is 5.76 Å². The summed E-state index contributed by atoms with van der Waals surface area (Å²) in [5, 5.41) is 9.48. The van der Waals surface area contributed by atoms with Gasteiger partial charge in [-0.3, -0.25) is 4.79 Å². The first-order valence-electron chi connectivity index (χ1n) is 5.78. The molecule has 1 heterocycles. The Kier molecular flexibility index (Phi) is 4.21. The summed E-state index contributed by atoms with van der Waals surface area (Å²) in [6, 6.07) is 7.43. The Morgan fingerprint density at radius 1 is 1.37 bits per heavy atom. The molecule has 2 N–H and O–H groups in total.